The summed E-state index contributed by atoms with van der Waals surface area (Å²) in [6.45, 7) is 0.442. The number of fused-ring (bicyclic) bond motifs is 1. The number of carbonyl (C=O) groups is 1. The van der Waals surface area contributed by atoms with E-state index >= 15 is 0 Å². The van der Waals surface area contributed by atoms with Crippen LogP contribution < -0.4 is 10.5 Å². The molecule has 2 aromatic rings. The van der Waals surface area contributed by atoms with Crippen LogP contribution in [0, 0.1) is 0 Å². The Bertz CT molecular complexity index is 740. The molecule has 1 unspecified atom stereocenters. The first kappa shape index (κ1) is 15.6. The van der Waals surface area contributed by atoms with Crippen LogP contribution in [0.25, 0.3) is 0 Å². The van der Waals surface area contributed by atoms with Crippen molar-refractivity contribution in [3.05, 3.63) is 47.3 Å². The average molecular weight is 314 g/mol. The minimum Gasteiger partial charge on any atom is -0.496 e. The van der Waals surface area contributed by atoms with Crippen molar-refractivity contribution in [2.24, 2.45) is 12.8 Å². The third kappa shape index (κ3) is 2.59. The van der Waals surface area contributed by atoms with Crippen molar-refractivity contribution < 1.29 is 9.53 Å². The predicted octanol–water partition coefficient (Wildman–Crippen LogP) is 1.19. The smallest absolute Gasteiger partial charge is 0.247 e. The fourth-order valence-electron chi connectivity index (χ4n) is 3.31. The van der Waals surface area contributed by atoms with E-state index in [2.05, 4.69) is 5.10 Å². The first-order chi connectivity index (χ1) is 11.0. The van der Waals surface area contributed by atoms with Crippen molar-refractivity contribution >= 4 is 5.91 Å². The van der Waals surface area contributed by atoms with Crippen LogP contribution in [0.15, 0.2) is 30.5 Å². The number of nitrogens with zero attached hydrogens (tertiary/aromatic N) is 3. The highest BCUT2D eigenvalue weighted by Crippen LogP contribution is 2.40. The molecule has 0 fully saturated rings. The Labute approximate surface area is 135 Å². The molecule has 1 aliphatic rings. The van der Waals surface area contributed by atoms with Gasteiger partial charge in [-0.25, -0.2) is 0 Å². The van der Waals surface area contributed by atoms with E-state index in [1.807, 2.05) is 37.5 Å². The van der Waals surface area contributed by atoms with E-state index in [1.165, 1.54) is 0 Å². The van der Waals surface area contributed by atoms with Gasteiger partial charge in [0.25, 0.3) is 0 Å². The highest BCUT2D eigenvalue weighted by Gasteiger charge is 2.44. The molecule has 2 N–H and O–H groups in total. The number of nitrogens with two attached hydrogens (primary N) is 1. The van der Waals surface area contributed by atoms with Crippen LogP contribution in [-0.2, 0) is 30.3 Å². The van der Waals surface area contributed by atoms with Crippen LogP contribution in [0.2, 0.25) is 0 Å². The summed E-state index contributed by atoms with van der Waals surface area (Å²) in [6.07, 6.45) is 3.20. The van der Waals surface area contributed by atoms with E-state index in [0.29, 0.717) is 13.0 Å². The zero-order valence-electron chi connectivity index (χ0n) is 13.7. The molecule has 6 heteroatoms. The van der Waals surface area contributed by atoms with E-state index in [1.54, 1.807) is 23.7 Å². The van der Waals surface area contributed by atoms with Crippen LogP contribution >= 0.6 is 0 Å². The fourth-order valence-corrected chi connectivity index (χ4v) is 3.31. The van der Waals surface area contributed by atoms with Gasteiger partial charge >= 0.3 is 0 Å². The fraction of sp³-hybridized carbons (Fsp3) is 0.412. The minimum atomic E-state index is -0.993. The SMILES string of the molecule is COc1cccc2c1CCC2(N)C(=O)N(C)Cc1ccn(C)n1. The average Bonchev–Trinajstić information content (AvgIpc) is 3.11. The van der Waals surface area contributed by atoms with E-state index in [-0.39, 0.29) is 5.91 Å². The molecule has 3 rings (SSSR count). The second-order valence-electron chi connectivity index (χ2n) is 6.10. The van der Waals surface area contributed by atoms with Gasteiger partial charge in [-0.3, -0.25) is 9.48 Å². The molecule has 1 heterocycles. The number of hydrogen-bond donors (Lipinski definition) is 1. The maximum atomic E-state index is 13.0. The normalized spacial score (nSPS) is 19.5. The number of benzene rings is 1. The zero-order valence-corrected chi connectivity index (χ0v) is 13.7. The molecule has 1 aromatic carbocycles. The highest BCUT2D eigenvalue weighted by atomic mass is 16.5. The molecule has 0 bridgehead atoms. The van der Waals surface area contributed by atoms with Crippen LogP contribution in [0.4, 0.5) is 0 Å². The Kier molecular flexibility index (Phi) is 3.85. The summed E-state index contributed by atoms with van der Waals surface area (Å²) in [6, 6.07) is 7.62. The van der Waals surface area contributed by atoms with Crippen molar-refractivity contribution in [1.82, 2.24) is 14.7 Å². The third-order valence-corrected chi connectivity index (χ3v) is 4.50. The lowest BCUT2D eigenvalue weighted by Crippen LogP contribution is -2.50. The van der Waals surface area contributed by atoms with Crippen molar-refractivity contribution in [2.75, 3.05) is 14.2 Å². The second kappa shape index (κ2) is 5.70. The Balaban J connectivity index is 1.86. The van der Waals surface area contributed by atoms with Crippen LogP contribution in [0.1, 0.15) is 23.2 Å². The van der Waals surface area contributed by atoms with Gasteiger partial charge < -0.3 is 15.4 Å². The van der Waals surface area contributed by atoms with Gasteiger partial charge in [-0.15, -0.1) is 0 Å². The summed E-state index contributed by atoms with van der Waals surface area (Å²) in [5.74, 6) is 0.713. The summed E-state index contributed by atoms with van der Waals surface area (Å²) in [5, 5.41) is 4.32. The van der Waals surface area contributed by atoms with Crippen LogP contribution in [0.5, 0.6) is 5.75 Å². The lowest BCUT2D eigenvalue weighted by Gasteiger charge is -2.29. The van der Waals surface area contributed by atoms with Crippen LogP contribution in [-0.4, -0.2) is 34.7 Å². The molecule has 1 aromatic heterocycles. The maximum Gasteiger partial charge on any atom is 0.247 e. The van der Waals surface area contributed by atoms with Gasteiger partial charge in [-0.05, 0) is 36.1 Å². The standard InChI is InChI=1S/C17H22N4O2/c1-20(11-12-8-10-21(2)19-12)16(22)17(18)9-7-13-14(17)5-4-6-15(13)23-3/h4-6,8,10H,7,9,11,18H2,1-3H3. The number of aryl methyl sites for hydroxylation is 1. The number of carbonyl (C=O) groups excluding carboxylic acids is 1. The highest BCUT2D eigenvalue weighted by molar-refractivity contribution is 5.89. The Morgan fingerprint density at radius 1 is 1.48 bits per heavy atom. The number of rotatable bonds is 4. The molecule has 0 saturated heterocycles. The maximum absolute atomic E-state index is 13.0. The molecule has 1 aliphatic carbocycles. The predicted molar refractivity (Wildman–Crippen MR) is 86.9 cm³/mol. The molecular weight excluding hydrogens is 292 g/mol. The molecule has 0 spiro atoms. The zero-order chi connectivity index (χ0) is 16.6. The summed E-state index contributed by atoms with van der Waals surface area (Å²) in [5.41, 5.74) is 8.28. The number of aromatic nitrogens is 2. The molecule has 0 radical (unpaired) electrons. The Hall–Kier alpha value is -2.34. The van der Waals surface area contributed by atoms with E-state index in [9.17, 15) is 4.79 Å². The van der Waals surface area contributed by atoms with Gasteiger partial charge in [0, 0.05) is 20.3 Å². The van der Waals surface area contributed by atoms with Gasteiger partial charge in [-0.2, -0.15) is 5.10 Å². The molecule has 0 aliphatic heterocycles. The number of hydrogen-bond acceptors (Lipinski definition) is 4. The van der Waals surface area contributed by atoms with Gasteiger partial charge in [0.2, 0.25) is 5.91 Å². The van der Waals surface area contributed by atoms with Crippen molar-refractivity contribution in [3.8, 4) is 5.75 Å². The Morgan fingerprint density at radius 2 is 2.26 bits per heavy atom. The minimum absolute atomic E-state index is 0.0878. The topological polar surface area (TPSA) is 73.4 Å². The van der Waals surface area contributed by atoms with Gasteiger partial charge in [-0.1, -0.05) is 12.1 Å². The Morgan fingerprint density at radius 3 is 2.91 bits per heavy atom. The van der Waals surface area contributed by atoms with Crippen molar-refractivity contribution in [2.45, 2.75) is 24.9 Å². The van der Waals surface area contributed by atoms with E-state index in [4.69, 9.17) is 10.5 Å². The molecular formula is C17H22N4O2. The van der Waals surface area contributed by atoms with Gasteiger partial charge in [0.15, 0.2) is 0 Å². The quantitative estimate of drug-likeness (QED) is 0.920. The summed E-state index contributed by atoms with van der Waals surface area (Å²) in [7, 11) is 5.26. The molecule has 122 valence electrons. The van der Waals surface area contributed by atoms with E-state index in [0.717, 1.165) is 29.0 Å². The molecule has 23 heavy (non-hydrogen) atoms. The van der Waals surface area contributed by atoms with Crippen LogP contribution in [0.3, 0.4) is 0 Å². The molecule has 1 atom stereocenters. The van der Waals surface area contributed by atoms with Gasteiger partial charge in [0.05, 0.1) is 19.3 Å². The first-order valence-corrected chi connectivity index (χ1v) is 7.65. The van der Waals surface area contributed by atoms with Crippen molar-refractivity contribution in [3.63, 3.8) is 0 Å². The van der Waals surface area contributed by atoms with E-state index < -0.39 is 5.54 Å². The third-order valence-electron chi connectivity index (χ3n) is 4.50. The lowest BCUT2D eigenvalue weighted by atomic mass is 9.91. The first-order valence-electron chi connectivity index (χ1n) is 7.65. The van der Waals surface area contributed by atoms with Gasteiger partial charge in [0.1, 0.15) is 11.3 Å². The lowest BCUT2D eigenvalue weighted by molar-refractivity contribution is -0.136. The number of likely N-dealkylation sites (N-methyl/N-ethyl adjacent to an activating group) is 1. The number of amides is 1. The largest absolute Gasteiger partial charge is 0.496 e. The second-order valence-corrected chi connectivity index (χ2v) is 6.10. The summed E-state index contributed by atoms with van der Waals surface area (Å²) >= 11 is 0. The van der Waals surface area contributed by atoms with Crippen molar-refractivity contribution in [1.29, 1.82) is 0 Å². The number of methoxy groups -OCH3 is 1. The monoisotopic (exact) mass is 314 g/mol. The number of ether oxygens (including phenoxy) is 1. The molecule has 0 saturated carbocycles. The summed E-state index contributed by atoms with van der Waals surface area (Å²) in [4.78, 5) is 14.6. The molecule has 6 nitrogen and oxygen atoms in total. The molecule has 1 amide bonds. The summed E-state index contributed by atoms with van der Waals surface area (Å²) < 4.78 is 7.12.